The zero-order chi connectivity index (χ0) is 17.8. The Morgan fingerprint density at radius 2 is 2.04 bits per heavy atom. The SMILES string of the molecule is O=C1Cc2cc3n(c(=O)c2CO1)Cc1c-3nc2ccccc2c1CCO. The van der Waals surface area contributed by atoms with E-state index in [1.165, 1.54) is 0 Å². The standard InChI is InChI=1S/C20H16N2O4/c23-6-5-12-13-3-1-2-4-16(13)21-19-14(12)9-22-17(19)7-11-8-18(24)26-10-15(11)20(22)25/h1-4,7,23H,5-6,8-10H2. The second-order valence-corrected chi connectivity index (χ2v) is 6.67. The fourth-order valence-electron chi connectivity index (χ4n) is 4.02. The minimum atomic E-state index is -0.312. The van der Waals surface area contributed by atoms with Crippen LogP contribution < -0.4 is 5.56 Å². The third-order valence-electron chi connectivity index (χ3n) is 5.24. The van der Waals surface area contributed by atoms with E-state index < -0.39 is 0 Å². The lowest BCUT2D eigenvalue weighted by molar-refractivity contribution is -0.145. The van der Waals surface area contributed by atoms with Crippen molar-refractivity contribution in [3.8, 4) is 11.4 Å². The number of pyridine rings is 2. The predicted octanol–water partition coefficient (Wildman–Crippen LogP) is 1.56. The molecule has 0 aliphatic carbocycles. The maximum Gasteiger partial charge on any atom is 0.310 e. The normalized spacial score (nSPS) is 14.7. The minimum Gasteiger partial charge on any atom is -0.460 e. The summed E-state index contributed by atoms with van der Waals surface area (Å²) in [6.45, 7) is 0.491. The molecule has 4 heterocycles. The van der Waals surface area contributed by atoms with Crippen LogP contribution in [-0.4, -0.2) is 27.2 Å². The first-order valence-corrected chi connectivity index (χ1v) is 8.60. The lowest BCUT2D eigenvalue weighted by atomic mass is 9.98. The summed E-state index contributed by atoms with van der Waals surface area (Å²) in [7, 11) is 0. The van der Waals surface area contributed by atoms with E-state index in [-0.39, 0.29) is 31.2 Å². The van der Waals surface area contributed by atoms with Crippen molar-refractivity contribution in [2.45, 2.75) is 26.0 Å². The van der Waals surface area contributed by atoms with Gasteiger partial charge in [-0.1, -0.05) is 18.2 Å². The molecule has 5 rings (SSSR count). The van der Waals surface area contributed by atoms with Crippen LogP contribution in [0.25, 0.3) is 22.3 Å². The number of hydrogen-bond acceptors (Lipinski definition) is 5. The number of rotatable bonds is 2. The molecule has 0 unspecified atom stereocenters. The Bertz CT molecular complexity index is 1150. The summed E-state index contributed by atoms with van der Waals surface area (Å²) in [5.41, 5.74) is 5.51. The summed E-state index contributed by atoms with van der Waals surface area (Å²) in [5, 5.41) is 10.5. The molecule has 130 valence electrons. The molecule has 0 amide bonds. The fourth-order valence-corrected chi connectivity index (χ4v) is 4.02. The highest BCUT2D eigenvalue weighted by molar-refractivity contribution is 5.88. The second kappa shape index (κ2) is 5.51. The minimum absolute atomic E-state index is 0.0303. The molecule has 6 heteroatoms. The van der Waals surface area contributed by atoms with Gasteiger partial charge in [0.1, 0.15) is 6.61 Å². The van der Waals surface area contributed by atoms with Gasteiger partial charge in [-0.15, -0.1) is 0 Å². The molecule has 0 saturated carbocycles. The first-order chi connectivity index (χ1) is 12.7. The summed E-state index contributed by atoms with van der Waals surface area (Å²) >= 11 is 0. The number of esters is 1. The van der Waals surface area contributed by atoms with E-state index in [9.17, 15) is 14.7 Å². The summed E-state index contributed by atoms with van der Waals surface area (Å²) in [6.07, 6.45) is 0.625. The maximum atomic E-state index is 12.9. The van der Waals surface area contributed by atoms with Crippen LogP contribution in [0.2, 0.25) is 0 Å². The highest BCUT2D eigenvalue weighted by Crippen LogP contribution is 2.36. The first kappa shape index (κ1) is 15.3. The molecule has 0 atom stereocenters. The van der Waals surface area contributed by atoms with E-state index in [2.05, 4.69) is 0 Å². The number of carbonyl (C=O) groups excluding carboxylic acids is 1. The predicted molar refractivity (Wildman–Crippen MR) is 94.8 cm³/mol. The quantitative estimate of drug-likeness (QED) is 0.556. The molecular weight excluding hydrogens is 332 g/mol. The van der Waals surface area contributed by atoms with E-state index in [1.807, 2.05) is 30.3 Å². The van der Waals surface area contributed by atoms with Crippen molar-refractivity contribution in [1.29, 1.82) is 0 Å². The van der Waals surface area contributed by atoms with Crippen molar-refractivity contribution in [2.75, 3.05) is 6.61 Å². The highest BCUT2D eigenvalue weighted by Gasteiger charge is 2.30. The van der Waals surface area contributed by atoms with E-state index >= 15 is 0 Å². The fraction of sp³-hybridized carbons (Fsp3) is 0.250. The lowest BCUT2D eigenvalue weighted by Gasteiger charge is -2.17. The average Bonchev–Trinajstić information content (AvgIpc) is 3.00. The van der Waals surface area contributed by atoms with E-state index in [1.54, 1.807) is 4.57 Å². The van der Waals surface area contributed by atoms with Crippen molar-refractivity contribution in [3.63, 3.8) is 0 Å². The van der Waals surface area contributed by atoms with Crippen LogP contribution in [0.15, 0.2) is 35.1 Å². The number of fused-ring (bicyclic) bond motifs is 5. The van der Waals surface area contributed by atoms with Crippen LogP contribution in [-0.2, 0) is 35.5 Å². The Morgan fingerprint density at radius 1 is 1.19 bits per heavy atom. The van der Waals surface area contributed by atoms with Gasteiger partial charge >= 0.3 is 5.97 Å². The van der Waals surface area contributed by atoms with Crippen molar-refractivity contribution >= 4 is 16.9 Å². The van der Waals surface area contributed by atoms with E-state index in [0.29, 0.717) is 18.5 Å². The summed E-state index contributed by atoms with van der Waals surface area (Å²) in [5.74, 6) is -0.312. The van der Waals surface area contributed by atoms with Crippen LogP contribution in [0.3, 0.4) is 0 Å². The number of aliphatic hydroxyl groups is 1. The molecule has 0 saturated heterocycles. The first-order valence-electron chi connectivity index (χ1n) is 8.60. The Kier molecular flexibility index (Phi) is 3.24. The van der Waals surface area contributed by atoms with Crippen molar-refractivity contribution in [1.82, 2.24) is 9.55 Å². The topological polar surface area (TPSA) is 81.4 Å². The van der Waals surface area contributed by atoms with Crippen LogP contribution in [0.5, 0.6) is 0 Å². The summed E-state index contributed by atoms with van der Waals surface area (Å²) < 4.78 is 6.75. The second-order valence-electron chi connectivity index (χ2n) is 6.67. The van der Waals surface area contributed by atoms with Crippen LogP contribution in [0.1, 0.15) is 22.3 Å². The van der Waals surface area contributed by atoms with Crippen molar-refractivity contribution < 1.29 is 14.6 Å². The molecule has 1 aromatic carbocycles. The van der Waals surface area contributed by atoms with Crippen molar-refractivity contribution in [2.24, 2.45) is 0 Å². The number of aromatic nitrogens is 2. The van der Waals surface area contributed by atoms with Gasteiger partial charge in [-0.3, -0.25) is 9.59 Å². The molecule has 2 aliphatic heterocycles. The average molecular weight is 348 g/mol. The van der Waals surface area contributed by atoms with Gasteiger partial charge in [0.15, 0.2) is 0 Å². The Hall–Kier alpha value is -2.99. The molecule has 2 aromatic heterocycles. The highest BCUT2D eigenvalue weighted by atomic mass is 16.5. The molecule has 0 radical (unpaired) electrons. The van der Waals surface area contributed by atoms with Crippen LogP contribution >= 0.6 is 0 Å². The molecule has 26 heavy (non-hydrogen) atoms. The molecule has 3 aromatic rings. The Morgan fingerprint density at radius 3 is 2.88 bits per heavy atom. The summed E-state index contributed by atoms with van der Waals surface area (Å²) in [4.78, 5) is 29.4. The van der Waals surface area contributed by atoms with Gasteiger partial charge in [0.05, 0.1) is 35.4 Å². The van der Waals surface area contributed by atoms with Crippen LogP contribution in [0.4, 0.5) is 0 Å². The number of hydrogen-bond donors (Lipinski definition) is 1. The monoisotopic (exact) mass is 348 g/mol. The number of para-hydroxylation sites is 1. The smallest absolute Gasteiger partial charge is 0.310 e. The maximum absolute atomic E-state index is 12.9. The molecule has 1 N–H and O–H groups in total. The van der Waals surface area contributed by atoms with Crippen molar-refractivity contribution in [3.05, 3.63) is 62.9 Å². The molecular formula is C20H16N2O4. The number of nitrogens with zero attached hydrogens (tertiary/aromatic N) is 2. The van der Waals surface area contributed by atoms with Gasteiger partial charge < -0.3 is 14.4 Å². The van der Waals surface area contributed by atoms with Crippen LogP contribution in [0, 0.1) is 0 Å². The van der Waals surface area contributed by atoms with Gasteiger partial charge in [0.25, 0.3) is 5.56 Å². The number of cyclic esters (lactones) is 1. The Balaban J connectivity index is 1.81. The number of ether oxygens (including phenoxy) is 1. The lowest BCUT2D eigenvalue weighted by Crippen LogP contribution is -2.30. The number of carbonyl (C=O) groups is 1. The molecule has 0 bridgehead atoms. The largest absolute Gasteiger partial charge is 0.460 e. The Labute approximate surface area is 148 Å². The molecule has 0 fully saturated rings. The third-order valence-corrected chi connectivity index (χ3v) is 5.24. The molecule has 2 aliphatic rings. The van der Waals surface area contributed by atoms with E-state index in [4.69, 9.17) is 9.72 Å². The van der Waals surface area contributed by atoms with Gasteiger partial charge in [-0.25, -0.2) is 4.98 Å². The van der Waals surface area contributed by atoms with Gasteiger partial charge in [-0.2, -0.15) is 0 Å². The third kappa shape index (κ3) is 2.05. The zero-order valence-corrected chi connectivity index (χ0v) is 14.0. The molecule has 6 nitrogen and oxygen atoms in total. The van der Waals surface area contributed by atoms with Gasteiger partial charge in [-0.05, 0) is 29.7 Å². The van der Waals surface area contributed by atoms with E-state index in [0.717, 1.165) is 39.0 Å². The number of aliphatic hydroxyl groups excluding tert-OH is 1. The van der Waals surface area contributed by atoms with Gasteiger partial charge in [0.2, 0.25) is 0 Å². The summed E-state index contributed by atoms with van der Waals surface area (Å²) in [6, 6.07) is 9.71. The van der Waals surface area contributed by atoms with Gasteiger partial charge in [0, 0.05) is 17.6 Å². The number of benzene rings is 1. The zero-order valence-electron chi connectivity index (χ0n) is 14.0. The molecule has 0 spiro atoms.